The lowest BCUT2D eigenvalue weighted by Crippen LogP contribution is -2.39. The van der Waals surface area contributed by atoms with Crippen LogP contribution in [0.2, 0.25) is 0 Å². The molecule has 0 atom stereocenters. The first-order valence-corrected chi connectivity index (χ1v) is 13.4. The van der Waals surface area contributed by atoms with E-state index in [9.17, 15) is 13.2 Å². The van der Waals surface area contributed by atoms with Gasteiger partial charge in [-0.15, -0.1) is 11.8 Å². The number of carbonyl (C=O) groups excluding carboxylic acids is 1. The predicted molar refractivity (Wildman–Crippen MR) is 142 cm³/mol. The van der Waals surface area contributed by atoms with Gasteiger partial charge in [0.2, 0.25) is 0 Å². The molecule has 1 N–H and O–H groups in total. The number of hydrogen-bond acceptors (Lipinski definition) is 6. The van der Waals surface area contributed by atoms with Crippen molar-refractivity contribution < 1.29 is 17.9 Å². The number of ether oxygens (including phenoxy) is 1. The average Bonchev–Trinajstić information content (AvgIpc) is 2.87. The number of carbonyl (C=O) groups is 1. The number of rotatable bonds is 11. The third-order valence-electron chi connectivity index (χ3n) is 4.89. The molecule has 0 aromatic heterocycles. The SMILES string of the molecule is C=CCOc1cccc(/C=N\NC(=O)CN(c2ccc(C)cc2)S(=O)(=O)c2ccc(SC)cc2)c1. The maximum absolute atomic E-state index is 13.5. The Morgan fingerprint density at radius 1 is 1.11 bits per heavy atom. The van der Waals surface area contributed by atoms with Gasteiger partial charge >= 0.3 is 0 Å². The molecule has 0 saturated carbocycles. The molecular weight excluding hydrogens is 482 g/mol. The summed E-state index contributed by atoms with van der Waals surface area (Å²) in [5.41, 5.74) is 4.48. The molecule has 3 aromatic rings. The van der Waals surface area contributed by atoms with E-state index in [1.165, 1.54) is 18.0 Å². The number of hydrogen-bond donors (Lipinski definition) is 1. The summed E-state index contributed by atoms with van der Waals surface area (Å²) in [4.78, 5) is 13.7. The fourth-order valence-corrected chi connectivity index (χ4v) is 4.91. The fraction of sp³-hybridized carbons (Fsp3) is 0.154. The largest absolute Gasteiger partial charge is 0.490 e. The molecule has 7 nitrogen and oxygen atoms in total. The van der Waals surface area contributed by atoms with Gasteiger partial charge in [0, 0.05) is 4.90 Å². The van der Waals surface area contributed by atoms with E-state index in [2.05, 4.69) is 17.1 Å². The zero-order chi connectivity index (χ0) is 25.3. The summed E-state index contributed by atoms with van der Waals surface area (Å²) >= 11 is 1.52. The zero-order valence-electron chi connectivity index (χ0n) is 19.5. The monoisotopic (exact) mass is 509 g/mol. The van der Waals surface area contributed by atoms with Crippen molar-refractivity contribution in [2.75, 3.05) is 23.7 Å². The highest BCUT2D eigenvalue weighted by Gasteiger charge is 2.27. The molecule has 0 unspecified atom stereocenters. The minimum absolute atomic E-state index is 0.100. The van der Waals surface area contributed by atoms with Crippen molar-refractivity contribution in [1.82, 2.24) is 5.43 Å². The van der Waals surface area contributed by atoms with Gasteiger partial charge in [0.1, 0.15) is 18.9 Å². The van der Waals surface area contributed by atoms with Crippen LogP contribution < -0.4 is 14.5 Å². The second-order valence-corrected chi connectivity index (χ2v) is 10.2. The summed E-state index contributed by atoms with van der Waals surface area (Å²) in [7, 11) is -3.99. The highest BCUT2D eigenvalue weighted by atomic mass is 32.2. The van der Waals surface area contributed by atoms with E-state index >= 15 is 0 Å². The van der Waals surface area contributed by atoms with Crippen LogP contribution in [-0.4, -0.2) is 39.9 Å². The molecule has 1 amide bonds. The third-order valence-corrected chi connectivity index (χ3v) is 7.42. The molecule has 3 rings (SSSR count). The summed E-state index contributed by atoms with van der Waals surface area (Å²) in [6, 6.07) is 20.7. The number of benzene rings is 3. The van der Waals surface area contributed by atoms with Crippen molar-refractivity contribution in [2.24, 2.45) is 5.10 Å². The first-order valence-electron chi connectivity index (χ1n) is 10.7. The molecule has 0 spiro atoms. The van der Waals surface area contributed by atoms with Crippen LogP contribution in [-0.2, 0) is 14.8 Å². The molecule has 0 aliphatic heterocycles. The van der Waals surface area contributed by atoms with Crippen molar-refractivity contribution in [1.29, 1.82) is 0 Å². The Hall–Kier alpha value is -3.56. The van der Waals surface area contributed by atoms with Crippen LogP contribution >= 0.6 is 11.8 Å². The van der Waals surface area contributed by atoms with E-state index in [-0.39, 0.29) is 4.90 Å². The Morgan fingerprint density at radius 3 is 2.49 bits per heavy atom. The number of sulfonamides is 1. The van der Waals surface area contributed by atoms with E-state index in [1.807, 2.05) is 13.2 Å². The number of anilines is 1. The molecule has 182 valence electrons. The van der Waals surface area contributed by atoms with Gasteiger partial charge in [-0.3, -0.25) is 9.10 Å². The molecule has 0 fully saturated rings. The van der Waals surface area contributed by atoms with Gasteiger partial charge in [0.25, 0.3) is 15.9 Å². The zero-order valence-corrected chi connectivity index (χ0v) is 21.2. The van der Waals surface area contributed by atoms with E-state index in [0.29, 0.717) is 23.6 Å². The highest BCUT2D eigenvalue weighted by Crippen LogP contribution is 2.25. The Bertz CT molecular complexity index is 1290. The second-order valence-electron chi connectivity index (χ2n) is 7.49. The van der Waals surface area contributed by atoms with Gasteiger partial charge in [-0.25, -0.2) is 13.8 Å². The predicted octanol–water partition coefficient (Wildman–Crippen LogP) is 4.63. The van der Waals surface area contributed by atoms with Crippen LogP contribution in [0.5, 0.6) is 5.75 Å². The lowest BCUT2D eigenvalue weighted by molar-refractivity contribution is -0.119. The maximum atomic E-state index is 13.5. The summed E-state index contributed by atoms with van der Waals surface area (Å²) < 4.78 is 33.5. The molecule has 0 saturated heterocycles. The molecule has 9 heteroatoms. The molecule has 0 aliphatic rings. The van der Waals surface area contributed by atoms with Crippen LogP contribution in [0.15, 0.2) is 100 Å². The fourth-order valence-electron chi connectivity index (χ4n) is 3.09. The van der Waals surface area contributed by atoms with Gasteiger partial charge in [0.05, 0.1) is 16.8 Å². The quantitative estimate of drug-likeness (QED) is 0.176. The van der Waals surface area contributed by atoms with Crippen LogP contribution in [0.4, 0.5) is 5.69 Å². The smallest absolute Gasteiger partial charge is 0.264 e. The number of aryl methyl sites for hydroxylation is 1. The first-order chi connectivity index (χ1) is 16.8. The van der Waals surface area contributed by atoms with Crippen LogP contribution in [0.3, 0.4) is 0 Å². The summed E-state index contributed by atoms with van der Waals surface area (Å²) in [6.07, 6.45) is 5.02. The van der Waals surface area contributed by atoms with Crippen LogP contribution in [0.1, 0.15) is 11.1 Å². The number of hydrazone groups is 1. The molecule has 0 heterocycles. The van der Waals surface area contributed by atoms with Crippen LogP contribution in [0.25, 0.3) is 0 Å². The van der Waals surface area contributed by atoms with Gasteiger partial charge in [-0.1, -0.05) is 42.5 Å². The van der Waals surface area contributed by atoms with E-state index in [1.54, 1.807) is 78.9 Å². The minimum Gasteiger partial charge on any atom is -0.490 e. The van der Waals surface area contributed by atoms with Crippen molar-refractivity contribution in [3.8, 4) is 5.75 Å². The average molecular weight is 510 g/mol. The molecule has 35 heavy (non-hydrogen) atoms. The van der Waals surface area contributed by atoms with Gasteiger partial charge in [-0.2, -0.15) is 5.10 Å². The Kier molecular flexibility index (Phi) is 9.11. The molecule has 3 aromatic carbocycles. The molecule has 0 aliphatic carbocycles. The van der Waals surface area contributed by atoms with E-state index in [0.717, 1.165) is 14.8 Å². The standard InChI is InChI=1S/C26H27N3O4S2/c1-4-16-33-23-7-5-6-21(17-23)18-27-28-26(30)19-29(22-10-8-20(2)9-11-22)35(31,32)25-14-12-24(34-3)13-15-25/h4-15,17-18H,1,16,19H2,2-3H3,(H,28,30)/b27-18-. The normalized spacial score (nSPS) is 11.3. The van der Waals surface area contributed by atoms with Crippen molar-refractivity contribution in [3.05, 3.63) is 96.6 Å². The van der Waals surface area contributed by atoms with E-state index in [4.69, 9.17) is 4.74 Å². The lowest BCUT2D eigenvalue weighted by atomic mass is 10.2. The van der Waals surface area contributed by atoms with Gasteiger partial charge in [0.15, 0.2) is 0 Å². The number of amides is 1. The number of nitrogens with one attached hydrogen (secondary N) is 1. The van der Waals surface area contributed by atoms with Crippen LogP contribution in [0, 0.1) is 6.92 Å². The Morgan fingerprint density at radius 2 is 1.83 bits per heavy atom. The summed E-state index contributed by atoms with van der Waals surface area (Å²) in [5, 5.41) is 3.98. The summed E-state index contributed by atoms with van der Waals surface area (Å²) in [6.45, 7) is 5.46. The minimum atomic E-state index is -3.99. The van der Waals surface area contributed by atoms with Crippen molar-refractivity contribution in [2.45, 2.75) is 16.7 Å². The highest BCUT2D eigenvalue weighted by molar-refractivity contribution is 7.98. The lowest BCUT2D eigenvalue weighted by Gasteiger charge is -2.24. The number of thioether (sulfide) groups is 1. The van der Waals surface area contributed by atoms with E-state index < -0.39 is 22.5 Å². The molecule has 0 bridgehead atoms. The van der Waals surface area contributed by atoms with Crippen molar-refractivity contribution in [3.63, 3.8) is 0 Å². The van der Waals surface area contributed by atoms with Crippen molar-refractivity contribution >= 4 is 39.6 Å². The molecule has 0 radical (unpaired) electrons. The van der Waals surface area contributed by atoms with Gasteiger partial charge in [-0.05, 0) is 67.3 Å². The maximum Gasteiger partial charge on any atom is 0.264 e. The Labute approximate surface area is 210 Å². The molecular formula is C26H27N3O4S2. The first kappa shape index (κ1) is 26.1. The second kappa shape index (κ2) is 12.2. The third kappa shape index (κ3) is 7.21. The summed E-state index contributed by atoms with van der Waals surface area (Å²) in [5.74, 6) is 0.0644. The number of nitrogens with zero attached hydrogens (tertiary/aromatic N) is 2. The Balaban J connectivity index is 1.78. The van der Waals surface area contributed by atoms with Gasteiger partial charge < -0.3 is 4.74 Å². The topological polar surface area (TPSA) is 88.1 Å².